The van der Waals surface area contributed by atoms with E-state index in [0.29, 0.717) is 35.3 Å². The number of esters is 1. The lowest BCUT2D eigenvalue weighted by Crippen LogP contribution is -2.41. The van der Waals surface area contributed by atoms with Gasteiger partial charge >= 0.3 is 12.1 Å². The number of nitrogens with zero attached hydrogens (tertiary/aromatic N) is 2. The Labute approximate surface area is 259 Å². The molecular weight excluding hydrogens is 617 g/mol. The van der Waals surface area contributed by atoms with Crippen LogP contribution in [0, 0.1) is 0 Å². The first-order chi connectivity index (χ1) is 21.1. The molecule has 1 aromatic heterocycles. The quantitative estimate of drug-likeness (QED) is 0.210. The van der Waals surface area contributed by atoms with Crippen LogP contribution in [-0.4, -0.2) is 29.9 Å². The van der Waals surface area contributed by atoms with E-state index in [9.17, 15) is 22.8 Å². The van der Waals surface area contributed by atoms with Crippen LogP contribution in [-0.2, 0) is 16.1 Å². The molecule has 228 valence electrons. The molecule has 3 aromatic carbocycles. The van der Waals surface area contributed by atoms with Gasteiger partial charge < -0.3 is 14.2 Å². The third-order valence-electron chi connectivity index (χ3n) is 6.58. The molecule has 0 N–H and O–H groups in total. The predicted molar refractivity (Wildman–Crippen MR) is 161 cm³/mol. The maximum absolute atomic E-state index is 14.3. The third-order valence-corrected chi connectivity index (χ3v) is 7.82. The Morgan fingerprint density at radius 3 is 2.39 bits per heavy atom. The molecule has 12 heteroatoms. The smallest absolute Gasteiger partial charge is 0.434 e. The molecule has 0 radical (unpaired) electrons. The second-order valence-corrected chi connectivity index (χ2v) is 11.0. The van der Waals surface area contributed by atoms with Gasteiger partial charge in [0.2, 0.25) is 0 Å². The van der Waals surface area contributed by atoms with E-state index in [1.54, 1.807) is 18.2 Å². The SMILES string of the molecule is CCOC(=O)C1=C(C(F)(F)F)N=c2s/c(=C\c3ccc(OCc4ccccc4)c(OCC)c3)c(=O)n2[C@H]1c1ccc(Cl)cc1. The second kappa shape index (κ2) is 13.1. The van der Waals surface area contributed by atoms with Crippen LogP contribution in [0.1, 0.15) is 36.6 Å². The van der Waals surface area contributed by atoms with E-state index in [1.807, 2.05) is 37.3 Å². The highest BCUT2D eigenvalue weighted by molar-refractivity contribution is 7.07. The summed E-state index contributed by atoms with van der Waals surface area (Å²) >= 11 is 6.81. The Balaban J connectivity index is 1.63. The lowest BCUT2D eigenvalue weighted by molar-refractivity contribution is -0.140. The lowest BCUT2D eigenvalue weighted by Gasteiger charge is -2.26. The highest BCUT2D eigenvalue weighted by Gasteiger charge is 2.45. The Hall–Kier alpha value is -4.35. The fraction of sp³-hybridized carbons (Fsp3) is 0.219. The molecule has 1 aliphatic heterocycles. The Kier molecular flexibility index (Phi) is 9.26. The molecule has 0 amide bonds. The van der Waals surface area contributed by atoms with Crippen LogP contribution >= 0.6 is 22.9 Å². The van der Waals surface area contributed by atoms with Crippen molar-refractivity contribution in [2.75, 3.05) is 13.2 Å². The molecule has 2 heterocycles. The van der Waals surface area contributed by atoms with Gasteiger partial charge in [-0.25, -0.2) is 9.79 Å². The normalized spacial score (nSPS) is 15.0. The molecule has 0 bridgehead atoms. The molecular formula is C32H26ClF3N2O5S. The van der Waals surface area contributed by atoms with Crippen LogP contribution in [0.4, 0.5) is 13.2 Å². The zero-order valence-electron chi connectivity index (χ0n) is 23.6. The number of hydrogen-bond acceptors (Lipinski definition) is 7. The van der Waals surface area contributed by atoms with Gasteiger partial charge in [0.25, 0.3) is 5.56 Å². The van der Waals surface area contributed by atoms with Gasteiger partial charge in [0.05, 0.1) is 29.4 Å². The van der Waals surface area contributed by atoms with E-state index in [1.165, 1.54) is 37.3 Å². The Morgan fingerprint density at radius 1 is 1.00 bits per heavy atom. The number of ether oxygens (including phenoxy) is 3. The number of carbonyl (C=O) groups is 1. The average Bonchev–Trinajstić information content (AvgIpc) is 3.31. The van der Waals surface area contributed by atoms with Crippen molar-refractivity contribution >= 4 is 35.0 Å². The maximum atomic E-state index is 14.3. The number of alkyl halides is 3. The van der Waals surface area contributed by atoms with Crippen molar-refractivity contribution in [1.29, 1.82) is 0 Å². The van der Waals surface area contributed by atoms with Crippen LogP contribution in [0.5, 0.6) is 11.5 Å². The number of fused-ring (bicyclic) bond motifs is 1. The zero-order valence-corrected chi connectivity index (χ0v) is 25.1. The first-order valence-corrected chi connectivity index (χ1v) is 14.8. The number of rotatable bonds is 9. The van der Waals surface area contributed by atoms with E-state index in [-0.39, 0.29) is 21.5 Å². The average molecular weight is 643 g/mol. The first kappa shape index (κ1) is 31.1. The predicted octanol–water partition coefficient (Wildman–Crippen LogP) is 5.97. The zero-order chi connectivity index (χ0) is 31.4. The summed E-state index contributed by atoms with van der Waals surface area (Å²) in [7, 11) is 0. The molecule has 7 nitrogen and oxygen atoms in total. The van der Waals surface area contributed by atoms with Gasteiger partial charge in [-0.3, -0.25) is 9.36 Å². The molecule has 0 spiro atoms. The van der Waals surface area contributed by atoms with Crippen molar-refractivity contribution in [3.63, 3.8) is 0 Å². The van der Waals surface area contributed by atoms with Crippen molar-refractivity contribution in [2.45, 2.75) is 32.7 Å². The molecule has 0 aliphatic carbocycles. The minimum Gasteiger partial charge on any atom is -0.490 e. The fourth-order valence-electron chi connectivity index (χ4n) is 4.69. The van der Waals surface area contributed by atoms with Crippen molar-refractivity contribution in [2.24, 2.45) is 4.99 Å². The van der Waals surface area contributed by atoms with Crippen LogP contribution in [0.25, 0.3) is 6.08 Å². The minimum atomic E-state index is -5.00. The number of thiazole rings is 1. The number of allylic oxidation sites excluding steroid dienone is 1. The first-order valence-electron chi connectivity index (χ1n) is 13.6. The van der Waals surface area contributed by atoms with Gasteiger partial charge in [-0.15, -0.1) is 0 Å². The van der Waals surface area contributed by atoms with Crippen LogP contribution in [0.2, 0.25) is 5.02 Å². The van der Waals surface area contributed by atoms with E-state index in [0.717, 1.165) is 21.5 Å². The van der Waals surface area contributed by atoms with Crippen molar-refractivity contribution in [3.05, 3.63) is 125 Å². The number of hydrogen-bond donors (Lipinski definition) is 0. The molecule has 0 saturated heterocycles. The molecule has 0 unspecified atom stereocenters. The summed E-state index contributed by atoms with van der Waals surface area (Å²) in [6.07, 6.45) is -3.46. The largest absolute Gasteiger partial charge is 0.490 e. The summed E-state index contributed by atoms with van der Waals surface area (Å²) in [5.74, 6) is -0.288. The molecule has 0 saturated carbocycles. The van der Waals surface area contributed by atoms with E-state index in [4.69, 9.17) is 25.8 Å². The topological polar surface area (TPSA) is 79.1 Å². The molecule has 1 atom stereocenters. The number of benzene rings is 3. The highest BCUT2D eigenvalue weighted by atomic mass is 35.5. The Morgan fingerprint density at radius 2 is 1.73 bits per heavy atom. The van der Waals surface area contributed by atoms with E-state index in [2.05, 4.69) is 4.99 Å². The second-order valence-electron chi connectivity index (χ2n) is 9.53. The monoisotopic (exact) mass is 642 g/mol. The summed E-state index contributed by atoms with van der Waals surface area (Å²) in [5, 5.41) is 0.333. The standard InChI is InChI=1S/C32H26ClF3N2O5S/c1-3-41-24-16-20(10-15-23(24)43-18-19-8-6-5-7-9-19)17-25-29(39)38-27(21-11-13-22(33)14-12-21)26(30(40)42-4-2)28(32(34,35)36)37-31(38)44-25/h5-17,27H,3-4,18H2,1-2H3/b25-17-/t27-/m0/s1. The van der Waals surface area contributed by atoms with Gasteiger partial charge in [0.15, 0.2) is 22.0 Å². The van der Waals surface area contributed by atoms with Gasteiger partial charge in [0, 0.05) is 5.02 Å². The number of carbonyl (C=O) groups excluding carboxylic acids is 1. The van der Waals surface area contributed by atoms with Gasteiger partial charge in [0.1, 0.15) is 6.61 Å². The molecule has 5 rings (SSSR count). The number of aromatic nitrogens is 1. The van der Waals surface area contributed by atoms with Gasteiger partial charge in [-0.1, -0.05) is 71.5 Å². The minimum absolute atomic E-state index is 0.106. The fourth-order valence-corrected chi connectivity index (χ4v) is 5.82. The summed E-state index contributed by atoms with van der Waals surface area (Å²) in [6, 6.07) is 19.1. The summed E-state index contributed by atoms with van der Waals surface area (Å²) in [6.45, 7) is 3.80. The molecule has 44 heavy (non-hydrogen) atoms. The highest BCUT2D eigenvalue weighted by Crippen LogP contribution is 2.38. The summed E-state index contributed by atoms with van der Waals surface area (Å²) in [5.41, 5.74) is -1.06. The van der Waals surface area contributed by atoms with E-state index >= 15 is 0 Å². The molecule has 1 aliphatic rings. The summed E-state index contributed by atoms with van der Waals surface area (Å²) in [4.78, 5) is 30.4. The van der Waals surface area contributed by atoms with Crippen molar-refractivity contribution < 1.29 is 32.2 Å². The molecule has 0 fully saturated rings. The molecule has 4 aromatic rings. The third kappa shape index (κ3) is 6.58. The van der Waals surface area contributed by atoms with Gasteiger partial charge in [-0.05, 0) is 60.9 Å². The number of halogens is 4. The maximum Gasteiger partial charge on any atom is 0.434 e. The van der Waals surface area contributed by atoms with Crippen LogP contribution in [0.3, 0.4) is 0 Å². The van der Waals surface area contributed by atoms with Gasteiger partial charge in [-0.2, -0.15) is 13.2 Å². The summed E-state index contributed by atoms with van der Waals surface area (Å²) < 4.78 is 60.9. The lowest BCUT2D eigenvalue weighted by atomic mass is 9.95. The van der Waals surface area contributed by atoms with Crippen LogP contribution in [0.15, 0.2) is 93.9 Å². The van der Waals surface area contributed by atoms with Crippen molar-refractivity contribution in [3.8, 4) is 11.5 Å². The Bertz CT molecular complexity index is 1880. The van der Waals surface area contributed by atoms with Crippen molar-refractivity contribution in [1.82, 2.24) is 4.57 Å². The van der Waals surface area contributed by atoms with Crippen LogP contribution < -0.4 is 24.4 Å². The van der Waals surface area contributed by atoms with E-state index < -0.39 is 35.0 Å².